The van der Waals surface area contributed by atoms with Crippen LogP contribution in [-0.4, -0.2) is 76.2 Å². The normalized spacial score (nSPS) is 17.3. The summed E-state index contributed by atoms with van der Waals surface area (Å²) in [6, 6.07) is 15.5. The van der Waals surface area contributed by atoms with Crippen LogP contribution in [0.5, 0.6) is 0 Å². The molecule has 0 bridgehead atoms. The van der Waals surface area contributed by atoms with Gasteiger partial charge in [0.15, 0.2) is 5.13 Å². The number of nitriles is 1. The SMILES string of the molecule is Cc1ncnc2ccc(-c3sc(NC(=O)N4CCC5(CC4)CN(C)CCO5)nc3-c3cccc(C#N)c3)cc12. The molecule has 2 aliphatic rings. The number of urea groups is 1. The maximum atomic E-state index is 13.3. The van der Waals surface area contributed by atoms with Crippen LogP contribution >= 0.6 is 11.3 Å². The standard InChI is InChI=1S/C29H29N7O2S/c1-19-23-15-22(6-7-24(23)32-18-31-19)26-25(21-5-3-4-20(14-21)16-30)33-27(39-26)34-28(37)36-10-8-29(9-11-36)17-35(2)12-13-38-29/h3-7,14-15,18H,8-13,17H2,1-2H3,(H,33,34,37). The van der Waals surface area contributed by atoms with Gasteiger partial charge < -0.3 is 14.5 Å². The second kappa shape index (κ2) is 10.3. The van der Waals surface area contributed by atoms with Crippen molar-refractivity contribution in [1.29, 1.82) is 5.26 Å². The van der Waals surface area contributed by atoms with Crippen LogP contribution in [0.3, 0.4) is 0 Å². The number of carbonyl (C=O) groups excluding carboxylic acids is 1. The molecule has 2 amide bonds. The molecule has 0 unspecified atom stereocenters. The third-order valence-corrected chi connectivity index (χ3v) is 8.62. The Labute approximate surface area is 231 Å². The molecule has 0 atom stereocenters. The minimum atomic E-state index is -0.158. The summed E-state index contributed by atoms with van der Waals surface area (Å²) in [7, 11) is 2.12. The summed E-state index contributed by atoms with van der Waals surface area (Å²) in [5.74, 6) is 0. The molecule has 1 spiro atoms. The average Bonchev–Trinajstić information content (AvgIpc) is 3.37. The van der Waals surface area contributed by atoms with E-state index in [1.165, 1.54) is 11.3 Å². The fourth-order valence-corrected chi connectivity index (χ4v) is 6.43. The largest absolute Gasteiger partial charge is 0.372 e. The molecule has 4 aromatic rings. The number of benzene rings is 2. The van der Waals surface area contributed by atoms with E-state index in [0.29, 0.717) is 23.8 Å². The van der Waals surface area contributed by atoms with Crippen LogP contribution in [0.1, 0.15) is 24.1 Å². The number of morpholine rings is 1. The predicted octanol–water partition coefficient (Wildman–Crippen LogP) is 4.93. The van der Waals surface area contributed by atoms with Gasteiger partial charge in [-0.3, -0.25) is 5.32 Å². The zero-order valence-corrected chi connectivity index (χ0v) is 22.8. The molecule has 2 fully saturated rings. The smallest absolute Gasteiger partial charge is 0.323 e. The number of hydrogen-bond donors (Lipinski definition) is 1. The number of likely N-dealkylation sites (tertiary alicyclic amines) is 1. The van der Waals surface area contributed by atoms with Crippen molar-refractivity contribution in [1.82, 2.24) is 24.8 Å². The first-order chi connectivity index (χ1) is 18.9. The van der Waals surface area contributed by atoms with Crippen molar-refractivity contribution in [3.63, 3.8) is 0 Å². The highest BCUT2D eigenvalue weighted by atomic mass is 32.1. The molecule has 198 valence electrons. The number of amides is 2. The van der Waals surface area contributed by atoms with Gasteiger partial charge in [0.25, 0.3) is 0 Å². The molecule has 0 radical (unpaired) electrons. The van der Waals surface area contributed by atoms with E-state index in [2.05, 4.69) is 39.4 Å². The molecule has 1 N–H and O–H groups in total. The fourth-order valence-electron chi connectivity index (χ4n) is 5.45. The molecule has 0 saturated carbocycles. The maximum absolute atomic E-state index is 13.3. The van der Waals surface area contributed by atoms with Crippen LogP contribution in [0.15, 0.2) is 48.8 Å². The predicted molar refractivity (Wildman–Crippen MR) is 152 cm³/mol. The Kier molecular flexibility index (Phi) is 6.73. The summed E-state index contributed by atoms with van der Waals surface area (Å²) in [6.45, 7) is 5.82. The van der Waals surface area contributed by atoms with Gasteiger partial charge in [-0.25, -0.2) is 19.7 Å². The van der Waals surface area contributed by atoms with Crippen LogP contribution in [0.4, 0.5) is 9.93 Å². The number of fused-ring (bicyclic) bond motifs is 1. The Morgan fingerprint density at radius 3 is 2.77 bits per heavy atom. The van der Waals surface area contributed by atoms with E-state index in [9.17, 15) is 10.1 Å². The summed E-state index contributed by atoms with van der Waals surface area (Å²) in [4.78, 5) is 31.9. The van der Waals surface area contributed by atoms with E-state index in [1.807, 2.05) is 42.2 Å². The first-order valence-corrected chi connectivity index (χ1v) is 13.9. The van der Waals surface area contributed by atoms with Gasteiger partial charge in [0.1, 0.15) is 6.33 Å². The average molecular weight is 540 g/mol. The van der Waals surface area contributed by atoms with Crippen molar-refractivity contribution >= 4 is 33.4 Å². The van der Waals surface area contributed by atoms with Crippen LogP contribution in [-0.2, 0) is 4.74 Å². The van der Waals surface area contributed by atoms with Gasteiger partial charge in [-0.15, -0.1) is 0 Å². The number of nitrogens with one attached hydrogen (secondary N) is 1. The lowest BCUT2D eigenvalue weighted by Crippen LogP contribution is -2.57. The van der Waals surface area contributed by atoms with Crippen LogP contribution in [0.25, 0.3) is 32.6 Å². The van der Waals surface area contributed by atoms with Gasteiger partial charge in [-0.1, -0.05) is 29.5 Å². The molecule has 2 aromatic heterocycles. The Balaban J connectivity index is 1.29. The number of piperidine rings is 1. The molecule has 4 heterocycles. The summed E-state index contributed by atoms with van der Waals surface area (Å²) in [6.07, 6.45) is 3.20. The number of carbonyl (C=O) groups is 1. The van der Waals surface area contributed by atoms with E-state index in [1.54, 1.807) is 12.4 Å². The molecule has 10 heteroatoms. The van der Waals surface area contributed by atoms with Crippen molar-refractivity contribution in [3.05, 3.63) is 60.0 Å². The zero-order valence-electron chi connectivity index (χ0n) is 22.0. The third kappa shape index (κ3) is 5.08. The quantitative estimate of drug-likeness (QED) is 0.393. The molecule has 9 nitrogen and oxygen atoms in total. The number of likely N-dealkylation sites (N-methyl/N-ethyl adjacent to an activating group) is 1. The molecule has 2 saturated heterocycles. The Morgan fingerprint density at radius 1 is 1.13 bits per heavy atom. The number of aromatic nitrogens is 3. The van der Waals surface area contributed by atoms with Crippen molar-refractivity contribution in [2.24, 2.45) is 0 Å². The molecular formula is C29H29N7O2S. The number of aryl methyl sites for hydroxylation is 1. The lowest BCUT2D eigenvalue weighted by Gasteiger charge is -2.46. The highest BCUT2D eigenvalue weighted by Gasteiger charge is 2.39. The van der Waals surface area contributed by atoms with Gasteiger partial charge in [-0.05, 0) is 56.6 Å². The summed E-state index contributed by atoms with van der Waals surface area (Å²) < 4.78 is 6.16. The monoisotopic (exact) mass is 539 g/mol. The third-order valence-electron chi connectivity index (χ3n) is 7.60. The molecular weight excluding hydrogens is 510 g/mol. The molecule has 2 aliphatic heterocycles. The second-order valence-corrected chi connectivity index (χ2v) is 11.3. The minimum Gasteiger partial charge on any atom is -0.372 e. The van der Waals surface area contributed by atoms with Gasteiger partial charge in [-0.2, -0.15) is 5.26 Å². The summed E-state index contributed by atoms with van der Waals surface area (Å²) in [5.41, 5.74) is 4.65. The Hall–Kier alpha value is -3.91. The minimum absolute atomic E-state index is 0.158. The first-order valence-electron chi connectivity index (χ1n) is 13.0. The van der Waals surface area contributed by atoms with Crippen molar-refractivity contribution < 1.29 is 9.53 Å². The number of hydrogen-bond acceptors (Lipinski definition) is 8. The molecule has 39 heavy (non-hydrogen) atoms. The Morgan fingerprint density at radius 2 is 1.97 bits per heavy atom. The van der Waals surface area contributed by atoms with Crippen molar-refractivity contribution in [2.45, 2.75) is 25.4 Å². The summed E-state index contributed by atoms with van der Waals surface area (Å²) >= 11 is 1.42. The zero-order chi connectivity index (χ0) is 27.0. The van der Waals surface area contributed by atoms with Gasteiger partial charge in [0.05, 0.1) is 39.9 Å². The van der Waals surface area contributed by atoms with Gasteiger partial charge in [0.2, 0.25) is 0 Å². The molecule has 0 aliphatic carbocycles. The van der Waals surface area contributed by atoms with Crippen molar-refractivity contribution in [2.75, 3.05) is 45.2 Å². The van der Waals surface area contributed by atoms with E-state index >= 15 is 0 Å². The highest BCUT2D eigenvalue weighted by molar-refractivity contribution is 7.19. The van der Waals surface area contributed by atoms with Crippen molar-refractivity contribution in [3.8, 4) is 27.8 Å². The lowest BCUT2D eigenvalue weighted by molar-refractivity contribution is -0.126. The van der Waals surface area contributed by atoms with Crippen LogP contribution in [0, 0.1) is 18.3 Å². The van der Waals surface area contributed by atoms with Crippen LogP contribution < -0.4 is 5.32 Å². The summed E-state index contributed by atoms with van der Waals surface area (Å²) in [5, 5.41) is 14.0. The van der Waals surface area contributed by atoms with E-state index in [4.69, 9.17) is 9.72 Å². The van der Waals surface area contributed by atoms with Gasteiger partial charge in [0, 0.05) is 42.8 Å². The molecule has 6 rings (SSSR count). The number of ether oxygens (including phenoxy) is 1. The number of nitrogens with zero attached hydrogens (tertiary/aromatic N) is 6. The van der Waals surface area contributed by atoms with E-state index in [-0.39, 0.29) is 11.6 Å². The van der Waals surface area contributed by atoms with E-state index < -0.39 is 0 Å². The van der Waals surface area contributed by atoms with Crippen LogP contribution in [0.2, 0.25) is 0 Å². The number of rotatable bonds is 3. The highest BCUT2D eigenvalue weighted by Crippen LogP contribution is 2.40. The first kappa shape index (κ1) is 25.4. The maximum Gasteiger partial charge on any atom is 0.323 e. The number of anilines is 1. The Bertz CT molecular complexity index is 1590. The van der Waals surface area contributed by atoms with E-state index in [0.717, 1.165) is 70.8 Å². The fraction of sp³-hybridized carbons (Fsp3) is 0.345. The second-order valence-electron chi connectivity index (χ2n) is 10.3. The lowest BCUT2D eigenvalue weighted by atomic mass is 9.89. The van der Waals surface area contributed by atoms with Gasteiger partial charge >= 0.3 is 6.03 Å². The molecule has 2 aromatic carbocycles. The number of thiazole rings is 1. The topological polar surface area (TPSA) is 107 Å².